The lowest BCUT2D eigenvalue weighted by molar-refractivity contribution is 0.953. The average Bonchev–Trinajstić information content (AvgIpc) is 2.29. The van der Waals surface area contributed by atoms with Gasteiger partial charge in [-0.3, -0.25) is 0 Å². The zero-order chi connectivity index (χ0) is 12.3. The van der Waals surface area contributed by atoms with Crippen molar-refractivity contribution in [2.45, 2.75) is 23.3 Å². The van der Waals surface area contributed by atoms with Gasteiger partial charge in [-0.15, -0.1) is 0 Å². The molecular weight excluding hydrogens is 298 g/mol. The molecule has 0 aliphatic rings. The van der Waals surface area contributed by atoms with Crippen LogP contribution >= 0.6 is 27.7 Å². The highest BCUT2D eigenvalue weighted by molar-refractivity contribution is 9.10. The highest BCUT2D eigenvalue weighted by Gasteiger charge is 2.08. The van der Waals surface area contributed by atoms with Crippen LogP contribution in [-0.4, -0.2) is 9.97 Å². The highest BCUT2D eigenvalue weighted by Crippen LogP contribution is 2.31. The van der Waals surface area contributed by atoms with Gasteiger partial charge in [-0.2, -0.15) is 0 Å². The van der Waals surface area contributed by atoms with E-state index in [1.54, 1.807) is 11.8 Å². The van der Waals surface area contributed by atoms with E-state index in [0.717, 1.165) is 26.4 Å². The summed E-state index contributed by atoms with van der Waals surface area (Å²) in [7, 11) is 0. The van der Waals surface area contributed by atoms with E-state index in [0.29, 0.717) is 5.82 Å². The number of anilines is 1. The maximum absolute atomic E-state index is 5.84. The van der Waals surface area contributed by atoms with Gasteiger partial charge >= 0.3 is 0 Å². The zero-order valence-corrected chi connectivity index (χ0v) is 11.8. The van der Waals surface area contributed by atoms with Crippen molar-refractivity contribution in [2.24, 2.45) is 0 Å². The van der Waals surface area contributed by atoms with Gasteiger partial charge in [0.2, 0.25) is 0 Å². The third kappa shape index (κ3) is 2.98. The minimum absolute atomic E-state index is 0.569. The summed E-state index contributed by atoms with van der Waals surface area (Å²) < 4.78 is 1.06. The Balaban J connectivity index is 2.33. The van der Waals surface area contributed by atoms with Crippen LogP contribution in [0.1, 0.15) is 12.5 Å². The molecule has 2 rings (SSSR count). The molecule has 1 aromatic heterocycles. The normalized spacial score (nSPS) is 10.5. The number of benzene rings is 1. The molecule has 88 valence electrons. The maximum atomic E-state index is 5.84. The lowest BCUT2D eigenvalue weighted by Gasteiger charge is -2.08. The van der Waals surface area contributed by atoms with Crippen molar-refractivity contribution in [3.05, 3.63) is 40.6 Å². The molecule has 2 aromatic rings. The molecule has 0 saturated heterocycles. The van der Waals surface area contributed by atoms with Crippen molar-refractivity contribution in [3.63, 3.8) is 0 Å². The fourth-order valence-electron chi connectivity index (χ4n) is 1.47. The summed E-state index contributed by atoms with van der Waals surface area (Å²) >= 11 is 5.06. The van der Waals surface area contributed by atoms with E-state index in [9.17, 15) is 0 Å². The maximum Gasteiger partial charge on any atom is 0.131 e. The average molecular weight is 310 g/mol. The van der Waals surface area contributed by atoms with Crippen LogP contribution in [0.2, 0.25) is 0 Å². The summed E-state index contributed by atoms with van der Waals surface area (Å²) in [6, 6.07) is 8.11. The molecule has 17 heavy (non-hydrogen) atoms. The molecule has 1 aromatic carbocycles. The summed E-state index contributed by atoms with van der Waals surface area (Å²) in [5.41, 5.74) is 6.85. The van der Waals surface area contributed by atoms with E-state index >= 15 is 0 Å². The van der Waals surface area contributed by atoms with E-state index in [2.05, 4.69) is 38.9 Å². The molecule has 3 nitrogen and oxygen atoms in total. The van der Waals surface area contributed by atoms with Crippen LogP contribution in [0.4, 0.5) is 5.82 Å². The van der Waals surface area contributed by atoms with Gasteiger partial charge in [0.05, 0.1) is 0 Å². The van der Waals surface area contributed by atoms with Crippen LogP contribution in [0.25, 0.3) is 0 Å². The van der Waals surface area contributed by atoms with Crippen LogP contribution < -0.4 is 5.73 Å². The second-order valence-electron chi connectivity index (χ2n) is 3.46. The molecule has 0 unspecified atom stereocenters. The number of hydrogen-bond donors (Lipinski definition) is 1. The monoisotopic (exact) mass is 309 g/mol. The molecule has 5 heteroatoms. The van der Waals surface area contributed by atoms with E-state index in [-0.39, 0.29) is 0 Å². The van der Waals surface area contributed by atoms with Crippen molar-refractivity contribution in [3.8, 4) is 0 Å². The summed E-state index contributed by atoms with van der Waals surface area (Å²) in [5, 5.41) is 0.929. The molecule has 0 atom stereocenters. The van der Waals surface area contributed by atoms with Crippen LogP contribution in [0, 0.1) is 0 Å². The molecule has 1 heterocycles. The van der Waals surface area contributed by atoms with Crippen LogP contribution in [0.5, 0.6) is 0 Å². The molecule has 2 N–H and O–H groups in total. The Bertz CT molecular complexity index is 531. The zero-order valence-electron chi connectivity index (χ0n) is 9.35. The second kappa shape index (κ2) is 5.51. The van der Waals surface area contributed by atoms with E-state index in [1.807, 2.05) is 18.2 Å². The third-order valence-corrected chi connectivity index (χ3v) is 3.83. The number of halogens is 1. The molecule has 0 saturated carbocycles. The summed E-state index contributed by atoms with van der Waals surface area (Å²) in [4.78, 5) is 9.44. The predicted molar refractivity (Wildman–Crippen MR) is 74.1 cm³/mol. The number of nitrogen functional groups attached to an aromatic ring is 1. The van der Waals surface area contributed by atoms with Gasteiger partial charge in [-0.05, 0) is 24.6 Å². The molecule has 0 bridgehead atoms. The van der Waals surface area contributed by atoms with Gasteiger partial charge in [-0.1, -0.05) is 40.7 Å². The number of nitrogens with two attached hydrogens (primary N) is 1. The van der Waals surface area contributed by atoms with Crippen molar-refractivity contribution in [1.29, 1.82) is 0 Å². The Morgan fingerprint density at radius 1 is 1.35 bits per heavy atom. The lowest BCUT2D eigenvalue weighted by Crippen LogP contribution is -2.00. The molecule has 0 aliphatic heterocycles. The lowest BCUT2D eigenvalue weighted by atomic mass is 10.2. The molecule has 0 radical (unpaired) electrons. The third-order valence-electron chi connectivity index (χ3n) is 2.30. The first-order chi connectivity index (χ1) is 8.20. The largest absolute Gasteiger partial charge is 0.383 e. The summed E-state index contributed by atoms with van der Waals surface area (Å²) in [6.45, 7) is 2.06. The summed E-state index contributed by atoms with van der Waals surface area (Å²) in [6.07, 6.45) is 2.35. The Kier molecular flexibility index (Phi) is 4.02. The van der Waals surface area contributed by atoms with Crippen molar-refractivity contribution >= 4 is 33.5 Å². The number of hydrogen-bond acceptors (Lipinski definition) is 4. The van der Waals surface area contributed by atoms with Gasteiger partial charge in [0.15, 0.2) is 0 Å². The SMILES string of the molecule is CCc1c(N)ncnc1Sc1cccc(Br)c1. The Hall–Kier alpha value is -1.07. The molecule has 0 spiro atoms. The quantitative estimate of drug-likeness (QED) is 0.881. The highest BCUT2D eigenvalue weighted by atomic mass is 79.9. The van der Waals surface area contributed by atoms with Crippen molar-refractivity contribution in [2.75, 3.05) is 5.73 Å². The van der Waals surface area contributed by atoms with E-state index in [1.165, 1.54) is 6.33 Å². The fourth-order valence-corrected chi connectivity index (χ4v) is 3.05. The summed E-state index contributed by atoms with van der Waals surface area (Å²) in [5.74, 6) is 0.569. The van der Waals surface area contributed by atoms with Gasteiger partial charge < -0.3 is 5.73 Å². The Morgan fingerprint density at radius 3 is 2.88 bits per heavy atom. The topological polar surface area (TPSA) is 51.8 Å². The Morgan fingerprint density at radius 2 is 2.18 bits per heavy atom. The van der Waals surface area contributed by atoms with Gasteiger partial charge in [0.25, 0.3) is 0 Å². The minimum atomic E-state index is 0.569. The smallest absolute Gasteiger partial charge is 0.131 e. The number of nitrogens with zero attached hydrogens (tertiary/aromatic N) is 2. The minimum Gasteiger partial charge on any atom is -0.383 e. The van der Waals surface area contributed by atoms with Crippen LogP contribution in [0.3, 0.4) is 0 Å². The first-order valence-electron chi connectivity index (χ1n) is 5.23. The molecule has 0 aliphatic carbocycles. The van der Waals surface area contributed by atoms with Gasteiger partial charge in [0, 0.05) is 14.9 Å². The standard InChI is InChI=1S/C12H12BrN3S/c1-2-10-11(14)15-7-16-12(10)17-9-5-3-4-8(13)6-9/h3-7H,2H2,1H3,(H2,14,15,16). The predicted octanol–water partition coefficient (Wildman–Crippen LogP) is 3.53. The van der Waals surface area contributed by atoms with Crippen LogP contribution in [-0.2, 0) is 6.42 Å². The Labute approximate surface area is 113 Å². The van der Waals surface area contributed by atoms with E-state index in [4.69, 9.17) is 5.73 Å². The van der Waals surface area contributed by atoms with Gasteiger partial charge in [-0.25, -0.2) is 9.97 Å². The second-order valence-corrected chi connectivity index (χ2v) is 5.43. The molecule has 0 fully saturated rings. The van der Waals surface area contributed by atoms with Gasteiger partial charge in [0.1, 0.15) is 17.2 Å². The van der Waals surface area contributed by atoms with Crippen LogP contribution in [0.15, 0.2) is 45.0 Å². The van der Waals surface area contributed by atoms with Crippen molar-refractivity contribution < 1.29 is 0 Å². The fraction of sp³-hybridized carbons (Fsp3) is 0.167. The first kappa shape index (κ1) is 12.4. The molecule has 0 amide bonds. The number of aromatic nitrogens is 2. The number of rotatable bonds is 3. The van der Waals surface area contributed by atoms with E-state index < -0.39 is 0 Å². The first-order valence-corrected chi connectivity index (χ1v) is 6.84. The van der Waals surface area contributed by atoms with Crippen molar-refractivity contribution in [1.82, 2.24) is 9.97 Å². The molecular formula is C12H12BrN3S.